The van der Waals surface area contributed by atoms with Gasteiger partial charge in [-0.3, -0.25) is 9.59 Å². The summed E-state index contributed by atoms with van der Waals surface area (Å²) in [5, 5.41) is 2.67. The van der Waals surface area contributed by atoms with E-state index >= 15 is 0 Å². The Hall–Kier alpha value is -2.27. The van der Waals surface area contributed by atoms with Gasteiger partial charge in [0.2, 0.25) is 5.91 Å². The third-order valence-electron chi connectivity index (χ3n) is 3.05. The summed E-state index contributed by atoms with van der Waals surface area (Å²) in [6.07, 6.45) is 1.97. The molecule has 0 spiro atoms. The molecule has 2 amide bonds. The molecular weight excluding hydrogens is 284 g/mol. The fraction of sp³-hybridized carbons (Fsp3) is 0.125. The highest BCUT2D eigenvalue weighted by molar-refractivity contribution is 7.98. The highest BCUT2D eigenvalue weighted by Gasteiger charge is 2.20. The summed E-state index contributed by atoms with van der Waals surface area (Å²) in [4.78, 5) is 24.8. The average molecular weight is 300 g/mol. The van der Waals surface area contributed by atoms with Crippen molar-refractivity contribution >= 4 is 23.6 Å². The van der Waals surface area contributed by atoms with Crippen molar-refractivity contribution in [3.05, 3.63) is 65.7 Å². The molecule has 1 unspecified atom stereocenters. The summed E-state index contributed by atoms with van der Waals surface area (Å²) in [6.45, 7) is 0. The molecule has 4 nitrogen and oxygen atoms in total. The van der Waals surface area contributed by atoms with Crippen molar-refractivity contribution < 1.29 is 9.59 Å². The Bertz CT molecular complexity index is 626. The van der Waals surface area contributed by atoms with Crippen LogP contribution in [-0.2, 0) is 4.79 Å². The molecule has 0 aliphatic rings. The van der Waals surface area contributed by atoms with Crippen LogP contribution in [0.25, 0.3) is 0 Å². The Kier molecular flexibility index (Phi) is 5.00. The maximum Gasteiger partial charge on any atom is 0.252 e. The Morgan fingerprint density at radius 2 is 1.67 bits per heavy atom. The van der Waals surface area contributed by atoms with Gasteiger partial charge in [-0.05, 0) is 36.1 Å². The summed E-state index contributed by atoms with van der Waals surface area (Å²) in [6, 6.07) is 15.3. The summed E-state index contributed by atoms with van der Waals surface area (Å²) in [7, 11) is 0. The highest BCUT2D eigenvalue weighted by Crippen LogP contribution is 2.16. The Labute approximate surface area is 127 Å². The number of rotatable bonds is 5. The molecule has 21 heavy (non-hydrogen) atoms. The number of hydrogen-bond acceptors (Lipinski definition) is 3. The second-order valence-electron chi connectivity index (χ2n) is 4.45. The Morgan fingerprint density at radius 3 is 2.19 bits per heavy atom. The minimum Gasteiger partial charge on any atom is -0.368 e. The predicted molar refractivity (Wildman–Crippen MR) is 84.1 cm³/mol. The first kappa shape index (κ1) is 15.1. The molecule has 0 fully saturated rings. The van der Waals surface area contributed by atoms with E-state index in [2.05, 4.69) is 5.32 Å². The van der Waals surface area contributed by atoms with Crippen molar-refractivity contribution in [3.8, 4) is 0 Å². The Morgan fingerprint density at radius 1 is 1.05 bits per heavy atom. The minimum atomic E-state index is -0.834. The van der Waals surface area contributed by atoms with Crippen LogP contribution < -0.4 is 11.1 Å². The van der Waals surface area contributed by atoms with Crippen LogP contribution in [-0.4, -0.2) is 18.1 Å². The number of nitrogens with two attached hydrogens (primary N) is 1. The van der Waals surface area contributed by atoms with Gasteiger partial charge in [-0.1, -0.05) is 30.3 Å². The van der Waals surface area contributed by atoms with Gasteiger partial charge in [0.15, 0.2) is 0 Å². The van der Waals surface area contributed by atoms with E-state index < -0.39 is 11.9 Å². The van der Waals surface area contributed by atoms with Gasteiger partial charge in [0.25, 0.3) is 5.91 Å². The van der Waals surface area contributed by atoms with Crippen LogP contribution >= 0.6 is 11.8 Å². The zero-order chi connectivity index (χ0) is 15.2. The third-order valence-corrected chi connectivity index (χ3v) is 3.79. The van der Waals surface area contributed by atoms with Crippen LogP contribution in [0.3, 0.4) is 0 Å². The van der Waals surface area contributed by atoms with Gasteiger partial charge in [0.05, 0.1) is 0 Å². The molecule has 0 aliphatic heterocycles. The van der Waals surface area contributed by atoms with Crippen molar-refractivity contribution in [1.29, 1.82) is 0 Å². The molecule has 3 N–H and O–H groups in total. The molecule has 2 rings (SSSR count). The van der Waals surface area contributed by atoms with Crippen LogP contribution in [0.2, 0.25) is 0 Å². The molecule has 0 heterocycles. The van der Waals surface area contributed by atoms with Crippen LogP contribution in [0.5, 0.6) is 0 Å². The zero-order valence-corrected chi connectivity index (χ0v) is 12.4. The molecule has 0 saturated heterocycles. The fourth-order valence-electron chi connectivity index (χ4n) is 1.92. The largest absolute Gasteiger partial charge is 0.368 e. The second-order valence-corrected chi connectivity index (χ2v) is 5.33. The topological polar surface area (TPSA) is 72.2 Å². The number of carbonyl (C=O) groups is 2. The lowest BCUT2D eigenvalue weighted by molar-refractivity contribution is -0.120. The van der Waals surface area contributed by atoms with E-state index in [9.17, 15) is 9.59 Å². The first-order chi connectivity index (χ1) is 10.1. The average Bonchev–Trinajstić information content (AvgIpc) is 2.53. The van der Waals surface area contributed by atoms with Crippen LogP contribution in [0.15, 0.2) is 59.5 Å². The number of hydrogen-bond donors (Lipinski definition) is 2. The first-order valence-electron chi connectivity index (χ1n) is 6.41. The smallest absolute Gasteiger partial charge is 0.252 e. The minimum absolute atomic E-state index is 0.324. The van der Waals surface area contributed by atoms with Crippen molar-refractivity contribution in [2.24, 2.45) is 5.73 Å². The van der Waals surface area contributed by atoms with Gasteiger partial charge in [-0.2, -0.15) is 0 Å². The molecule has 0 bridgehead atoms. The number of thioether (sulfide) groups is 1. The number of primary amides is 1. The standard InChI is InChI=1S/C16H16N2O2S/c1-21-13-9-7-12(8-10-13)16(20)18-14(15(17)19)11-5-3-2-4-6-11/h2-10,14H,1H3,(H2,17,19)(H,18,20). The SMILES string of the molecule is CSc1ccc(C(=O)NC(C(N)=O)c2ccccc2)cc1. The molecule has 108 valence electrons. The molecule has 0 aliphatic carbocycles. The molecule has 2 aromatic rings. The van der Waals surface area contributed by atoms with E-state index in [1.54, 1.807) is 48.2 Å². The quantitative estimate of drug-likeness (QED) is 0.833. The van der Waals surface area contributed by atoms with E-state index in [0.29, 0.717) is 11.1 Å². The molecule has 0 aromatic heterocycles. The molecule has 0 saturated carbocycles. The lowest BCUT2D eigenvalue weighted by Gasteiger charge is -2.16. The highest BCUT2D eigenvalue weighted by atomic mass is 32.2. The molecule has 0 radical (unpaired) electrons. The summed E-state index contributed by atoms with van der Waals surface area (Å²) >= 11 is 1.60. The van der Waals surface area contributed by atoms with Crippen molar-refractivity contribution in [1.82, 2.24) is 5.32 Å². The predicted octanol–water partition coefficient (Wildman–Crippen LogP) is 2.36. The van der Waals surface area contributed by atoms with Crippen molar-refractivity contribution in [2.45, 2.75) is 10.9 Å². The van der Waals surface area contributed by atoms with E-state index in [-0.39, 0.29) is 5.91 Å². The number of carbonyl (C=O) groups excluding carboxylic acids is 2. The van der Waals surface area contributed by atoms with Crippen LogP contribution in [0.4, 0.5) is 0 Å². The first-order valence-corrected chi connectivity index (χ1v) is 7.63. The maximum absolute atomic E-state index is 12.2. The van der Waals surface area contributed by atoms with Crippen LogP contribution in [0.1, 0.15) is 22.0 Å². The molecular formula is C16H16N2O2S. The van der Waals surface area contributed by atoms with Crippen molar-refractivity contribution in [2.75, 3.05) is 6.26 Å². The van der Waals surface area contributed by atoms with Gasteiger partial charge < -0.3 is 11.1 Å². The van der Waals surface area contributed by atoms with Gasteiger partial charge >= 0.3 is 0 Å². The van der Waals surface area contributed by atoms with E-state index in [1.165, 1.54) is 0 Å². The lowest BCUT2D eigenvalue weighted by atomic mass is 10.1. The number of benzene rings is 2. The monoisotopic (exact) mass is 300 g/mol. The van der Waals surface area contributed by atoms with Gasteiger partial charge in [0, 0.05) is 10.5 Å². The summed E-state index contributed by atoms with van der Waals surface area (Å²) in [5.74, 6) is -0.911. The third kappa shape index (κ3) is 3.86. The number of nitrogens with one attached hydrogen (secondary N) is 1. The lowest BCUT2D eigenvalue weighted by Crippen LogP contribution is -2.37. The second kappa shape index (κ2) is 6.95. The van der Waals surface area contributed by atoms with Crippen LogP contribution in [0, 0.1) is 0 Å². The van der Waals surface area contributed by atoms with E-state index in [1.807, 2.05) is 24.5 Å². The van der Waals surface area contributed by atoms with Gasteiger partial charge in [-0.25, -0.2) is 0 Å². The van der Waals surface area contributed by atoms with Gasteiger partial charge in [0.1, 0.15) is 6.04 Å². The summed E-state index contributed by atoms with van der Waals surface area (Å²) in [5.41, 5.74) is 6.54. The van der Waals surface area contributed by atoms with E-state index in [4.69, 9.17) is 5.73 Å². The fourth-order valence-corrected chi connectivity index (χ4v) is 2.33. The maximum atomic E-state index is 12.2. The summed E-state index contributed by atoms with van der Waals surface area (Å²) < 4.78 is 0. The molecule has 5 heteroatoms. The molecule has 2 aromatic carbocycles. The normalized spacial score (nSPS) is 11.7. The van der Waals surface area contributed by atoms with E-state index in [0.717, 1.165) is 4.90 Å². The zero-order valence-electron chi connectivity index (χ0n) is 11.6. The van der Waals surface area contributed by atoms with Crippen molar-refractivity contribution in [3.63, 3.8) is 0 Å². The molecule has 1 atom stereocenters. The Balaban J connectivity index is 2.16. The number of amides is 2. The van der Waals surface area contributed by atoms with Gasteiger partial charge in [-0.15, -0.1) is 11.8 Å².